The maximum Gasteiger partial charge on any atom is 0.311 e. The van der Waals surface area contributed by atoms with Crippen molar-refractivity contribution < 1.29 is 23.2 Å². The number of aromatic hydroxyl groups is 1. The van der Waals surface area contributed by atoms with Gasteiger partial charge in [-0.3, -0.25) is 14.9 Å². The van der Waals surface area contributed by atoms with Crippen molar-refractivity contribution in [2.75, 3.05) is 12.3 Å². The molecule has 21 heavy (non-hydrogen) atoms. The summed E-state index contributed by atoms with van der Waals surface area (Å²) in [5.74, 6) is -1.36. The second-order valence-corrected chi connectivity index (χ2v) is 7.17. The molecule has 9 heteroatoms. The predicted molar refractivity (Wildman–Crippen MR) is 73.9 cm³/mol. The highest BCUT2D eigenvalue weighted by atomic mass is 32.2. The minimum absolute atomic E-state index is 0.0662. The number of phenols is 1. The molecule has 2 rings (SSSR count). The molecular formula is C12H14N2O6S. The minimum Gasteiger partial charge on any atom is -0.502 e. The Bertz CT molecular complexity index is 685. The summed E-state index contributed by atoms with van der Waals surface area (Å²) < 4.78 is 23.3. The topological polar surface area (TPSA) is 127 Å². The Balaban J connectivity index is 2.11. The molecule has 0 bridgehead atoms. The van der Waals surface area contributed by atoms with Crippen molar-refractivity contribution in [2.45, 2.75) is 18.1 Å². The van der Waals surface area contributed by atoms with Crippen LogP contribution in [0.25, 0.3) is 0 Å². The highest BCUT2D eigenvalue weighted by molar-refractivity contribution is 7.92. The number of para-hydroxylation sites is 1. The monoisotopic (exact) mass is 314 g/mol. The largest absolute Gasteiger partial charge is 0.502 e. The molecule has 114 valence electrons. The Morgan fingerprint density at radius 2 is 2.19 bits per heavy atom. The van der Waals surface area contributed by atoms with Gasteiger partial charge in [-0.15, -0.1) is 0 Å². The summed E-state index contributed by atoms with van der Waals surface area (Å²) in [5.41, 5.74) is -0.823. The Hall–Kier alpha value is -2.16. The molecule has 1 saturated heterocycles. The van der Waals surface area contributed by atoms with Gasteiger partial charge in [0.25, 0.3) is 5.91 Å². The Morgan fingerprint density at radius 3 is 2.76 bits per heavy atom. The first-order valence-corrected chi connectivity index (χ1v) is 8.00. The number of nitrogens with one attached hydrogen (secondary N) is 1. The second kappa shape index (κ2) is 5.68. The van der Waals surface area contributed by atoms with Gasteiger partial charge in [0.05, 0.1) is 21.5 Å². The predicted octanol–water partition coefficient (Wildman–Crippen LogP) is 0.607. The molecule has 8 nitrogen and oxygen atoms in total. The van der Waals surface area contributed by atoms with Crippen molar-refractivity contribution in [3.05, 3.63) is 33.9 Å². The number of carbonyl (C=O) groups excluding carboxylic acids is 1. The Kier molecular flexibility index (Phi) is 4.12. The van der Waals surface area contributed by atoms with E-state index in [4.69, 9.17) is 0 Å². The number of nitrogens with zero attached hydrogens (tertiary/aromatic N) is 1. The minimum atomic E-state index is -3.18. The van der Waals surface area contributed by atoms with Gasteiger partial charge in [-0.25, -0.2) is 8.42 Å². The summed E-state index contributed by atoms with van der Waals surface area (Å²) in [4.78, 5) is 21.8. The molecule has 1 aliphatic rings. The Labute approximate surface area is 120 Å². The van der Waals surface area contributed by atoms with Gasteiger partial charge in [-0.2, -0.15) is 0 Å². The van der Waals surface area contributed by atoms with Crippen LogP contribution in [0, 0.1) is 10.1 Å². The number of hydrogen-bond acceptors (Lipinski definition) is 6. The molecule has 0 radical (unpaired) electrons. The van der Waals surface area contributed by atoms with Gasteiger partial charge >= 0.3 is 5.69 Å². The lowest BCUT2D eigenvalue weighted by atomic mass is 10.1. The number of carbonyl (C=O) groups is 1. The summed E-state index contributed by atoms with van der Waals surface area (Å²) in [6, 6.07) is 3.59. The zero-order valence-electron chi connectivity index (χ0n) is 11.0. The highest BCUT2D eigenvalue weighted by Gasteiger charge is 2.31. The summed E-state index contributed by atoms with van der Waals surface area (Å²) in [6.07, 6.45) is 1.04. The van der Waals surface area contributed by atoms with E-state index >= 15 is 0 Å². The van der Waals surface area contributed by atoms with Gasteiger partial charge in [0.2, 0.25) is 5.75 Å². The summed E-state index contributed by atoms with van der Waals surface area (Å²) in [6.45, 7) is -0.0662. The van der Waals surface area contributed by atoms with Crippen molar-refractivity contribution in [3.8, 4) is 5.75 Å². The molecule has 1 amide bonds. The van der Waals surface area contributed by atoms with Crippen molar-refractivity contribution in [1.82, 2.24) is 5.32 Å². The lowest BCUT2D eigenvalue weighted by molar-refractivity contribution is -0.385. The number of rotatable bonds is 4. The standard InChI is InChI=1S/C12H14N2O6S/c15-11-9(4-1-5-10(11)14(17)18)12(16)13-7-8-3-2-6-21(8,19)20/h1,4-5,8,15H,2-3,6-7H2,(H,13,16). The van der Waals surface area contributed by atoms with Crippen LogP contribution in [0.15, 0.2) is 18.2 Å². The molecule has 1 heterocycles. The zero-order valence-corrected chi connectivity index (χ0v) is 11.8. The van der Waals surface area contributed by atoms with Crippen LogP contribution in [0.3, 0.4) is 0 Å². The van der Waals surface area contributed by atoms with Crippen LogP contribution in [0.5, 0.6) is 5.75 Å². The molecule has 1 atom stereocenters. The van der Waals surface area contributed by atoms with Crippen LogP contribution in [0.1, 0.15) is 23.2 Å². The number of nitro groups is 1. The van der Waals surface area contributed by atoms with Crippen LogP contribution in [0.4, 0.5) is 5.69 Å². The van der Waals surface area contributed by atoms with Gasteiger partial charge in [0.1, 0.15) is 0 Å². The molecular weight excluding hydrogens is 300 g/mol. The maximum atomic E-state index is 11.9. The first-order valence-electron chi connectivity index (χ1n) is 6.29. The smallest absolute Gasteiger partial charge is 0.311 e. The second-order valence-electron chi connectivity index (χ2n) is 4.77. The van der Waals surface area contributed by atoms with Crippen LogP contribution in [-0.4, -0.2) is 41.9 Å². The molecule has 0 spiro atoms. The normalized spacial score (nSPS) is 20.1. The lowest BCUT2D eigenvalue weighted by Gasteiger charge is -2.11. The lowest BCUT2D eigenvalue weighted by Crippen LogP contribution is -2.34. The van der Waals surface area contributed by atoms with E-state index in [9.17, 15) is 28.4 Å². The molecule has 0 saturated carbocycles. The number of hydrogen-bond donors (Lipinski definition) is 2. The van der Waals surface area contributed by atoms with Crippen LogP contribution >= 0.6 is 0 Å². The van der Waals surface area contributed by atoms with Gasteiger partial charge in [-0.05, 0) is 18.9 Å². The van der Waals surface area contributed by atoms with Crippen molar-refractivity contribution >= 4 is 21.4 Å². The molecule has 0 aliphatic carbocycles. The van der Waals surface area contributed by atoms with Gasteiger partial charge in [0, 0.05) is 12.6 Å². The number of sulfone groups is 1. The fourth-order valence-electron chi connectivity index (χ4n) is 2.25. The third kappa shape index (κ3) is 3.13. The first kappa shape index (κ1) is 15.2. The van der Waals surface area contributed by atoms with E-state index in [1.807, 2.05) is 0 Å². The quantitative estimate of drug-likeness (QED) is 0.619. The number of benzene rings is 1. The van der Waals surface area contributed by atoms with E-state index in [2.05, 4.69) is 5.32 Å². The fourth-order valence-corrected chi connectivity index (χ4v) is 4.02. The average molecular weight is 314 g/mol. The maximum absolute atomic E-state index is 11.9. The number of phenolic OH excluding ortho intramolecular Hbond substituents is 1. The molecule has 1 aliphatic heterocycles. The highest BCUT2D eigenvalue weighted by Crippen LogP contribution is 2.29. The van der Waals surface area contributed by atoms with Gasteiger partial charge < -0.3 is 10.4 Å². The summed E-state index contributed by atoms with van der Waals surface area (Å²) in [5, 5.41) is 22.2. The number of nitro benzene ring substituents is 1. The van der Waals surface area contributed by atoms with Crippen molar-refractivity contribution in [1.29, 1.82) is 0 Å². The van der Waals surface area contributed by atoms with E-state index < -0.39 is 37.4 Å². The van der Waals surface area contributed by atoms with Crippen molar-refractivity contribution in [2.24, 2.45) is 0 Å². The van der Waals surface area contributed by atoms with E-state index in [0.717, 1.165) is 6.07 Å². The van der Waals surface area contributed by atoms with Gasteiger partial charge in [-0.1, -0.05) is 6.07 Å². The third-order valence-electron chi connectivity index (χ3n) is 3.41. The molecule has 1 aromatic carbocycles. The molecule has 1 aromatic rings. The first-order chi connectivity index (χ1) is 9.83. The third-order valence-corrected chi connectivity index (χ3v) is 5.68. The summed E-state index contributed by atoms with van der Waals surface area (Å²) in [7, 11) is -3.18. The van der Waals surface area contributed by atoms with Crippen LogP contribution in [-0.2, 0) is 9.84 Å². The molecule has 1 unspecified atom stereocenters. The van der Waals surface area contributed by atoms with Crippen molar-refractivity contribution in [3.63, 3.8) is 0 Å². The van der Waals surface area contributed by atoms with Crippen LogP contribution in [0.2, 0.25) is 0 Å². The Morgan fingerprint density at radius 1 is 1.48 bits per heavy atom. The van der Waals surface area contributed by atoms with E-state index in [-0.39, 0.29) is 17.9 Å². The summed E-state index contributed by atoms with van der Waals surface area (Å²) >= 11 is 0. The van der Waals surface area contributed by atoms with E-state index in [1.165, 1.54) is 12.1 Å². The van der Waals surface area contributed by atoms with E-state index in [1.54, 1.807) is 0 Å². The van der Waals surface area contributed by atoms with Crippen LogP contribution < -0.4 is 5.32 Å². The molecule has 2 N–H and O–H groups in total. The zero-order chi connectivity index (χ0) is 15.6. The molecule has 1 fully saturated rings. The molecule has 0 aromatic heterocycles. The van der Waals surface area contributed by atoms with E-state index in [0.29, 0.717) is 12.8 Å². The average Bonchev–Trinajstić information content (AvgIpc) is 2.75. The SMILES string of the molecule is O=C(NCC1CCCS1(=O)=O)c1cccc([N+](=O)[O-])c1O. The fraction of sp³-hybridized carbons (Fsp3) is 0.417. The number of amides is 1. The van der Waals surface area contributed by atoms with Gasteiger partial charge in [0.15, 0.2) is 9.84 Å².